The molecule has 0 aliphatic rings. The van der Waals surface area contributed by atoms with E-state index in [2.05, 4.69) is 60.8 Å². The van der Waals surface area contributed by atoms with E-state index in [0.717, 1.165) is 12.0 Å². The Labute approximate surface area is 109 Å². The van der Waals surface area contributed by atoms with Gasteiger partial charge in [0.2, 0.25) is 0 Å². The van der Waals surface area contributed by atoms with Crippen LogP contribution in [-0.2, 0) is 4.79 Å². The molecule has 0 saturated heterocycles. The van der Waals surface area contributed by atoms with Crippen LogP contribution in [0.25, 0.3) is 11.1 Å². The number of nitrogens with one attached hydrogen (secondary N) is 1. The zero-order valence-electron chi connectivity index (χ0n) is 11.1. The van der Waals surface area contributed by atoms with Gasteiger partial charge in [0.05, 0.1) is 0 Å². The number of hydrogen-bond acceptors (Lipinski definition) is 2. The normalized spacial score (nSPS) is 9.06. The molecular formula is C16H19NO. The van der Waals surface area contributed by atoms with E-state index < -0.39 is 0 Å². The number of carbonyl (C=O) groups excluding carboxylic acids is 1. The van der Waals surface area contributed by atoms with Crippen molar-refractivity contribution < 1.29 is 4.79 Å². The Bertz CT molecular complexity index is 506. The molecule has 0 heterocycles. The summed E-state index contributed by atoms with van der Waals surface area (Å²) >= 11 is 0. The molecule has 0 radical (unpaired) electrons. The minimum atomic E-state index is 0.750. The van der Waals surface area contributed by atoms with Gasteiger partial charge < -0.3 is 10.1 Å². The summed E-state index contributed by atoms with van der Waals surface area (Å²) in [6.45, 7) is 3.56. The highest BCUT2D eigenvalue weighted by molar-refractivity contribution is 5.68. The SMILES string of the molecule is CC=O.CNc1cccc(-c2cccc(C)c2)c1. The Morgan fingerprint density at radius 2 is 1.56 bits per heavy atom. The summed E-state index contributed by atoms with van der Waals surface area (Å²) in [5.41, 5.74) is 4.97. The third-order valence-electron chi connectivity index (χ3n) is 2.50. The average Bonchev–Trinajstić information content (AvgIpc) is 2.40. The highest BCUT2D eigenvalue weighted by Gasteiger charge is 1.98. The van der Waals surface area contributed by atoms with Gasteiger partial charge in [-0.15, -0.1) is 0 Å². The van der Waals surface area contributed by atoms with Crippen molar-refractivity contribution >= 4 is 12.0 Å². The van der Waals surface area contributed by atoms with Gasteiger partial charge >= 0.3 is 0 Å². The van der Waals surface area contributed by atoms with Crippen LogP contribution in [-0.4, -0.2) is 13.3 Å². The fourth-order valence-corrected chi connectivity index (χ4v) is 1.68. The van der Waals surface area contributed by atoms with E-state index in [1.54, 1.807) is 0 Å². The lowest BCUT2D eigenvalue weighted by Crippen LogP contribution is -1.87. The van der Waals surface area contributed by atoms with Crippen molar-refractivity contribution in [3.05, 3.63) is 54.1 Å². The molecule has 2 heteroatoms. The fourth-order valence-electron chi connectivity index (χ4n) is 1.68. The van der Waals surface area contributed by atoms with Crippen LogP contribution in [0.15, 0.2) is 48.5 Å². The van der Waals surface area contributed by atoms with Crippen LogP contribution in [0.4, 0.5) is 5.69 Å². The molecule has 0 fully saturated rings. The Balaban J connectivity index is 0.000000492. The minimum Gasteiger partial charge on any atom is -0.388 e. The molecule has 0 unspecified atom stereocenters. The van der Waals surface area contributed by atoms with Crippen LogP contribution >= 0.6 is 0 Å². The van der Waals surface area contributed by atoms with Crippen LogP contribution < -0.4 is 5.32 Å². The number of carbonyl (C=O) groups is 1. The number of aryl methyl sites for hydroxylation is 1. The molecule has 94 valence electrons. The Morgan fingerprint density at radius 1 is 1.00 bits per heavy atom. The van der Waals surface area contributed by atoms with Crippen molar-refractivity contribution in [3.63, 3.8) is 0 Å². The van der Waals surface area contributed by atoms with E-state index in [-0.39, 0.29) is 0 Å². The fraction of sp³-hybridized carbons (Fsp3) is 0.188. The van der Waals surface area contributed by atoms with Crippen molar-refractivity contribution in [2.24, 2.45) is 0 Å². The third kappa shape index (κ3) is 4.06. The van der Waals surface area contributed by atoms with Crippen molar-refractivity contribution in [2.75, 3.05) is 12.4 Å². The van der Waals surface area contributed by atoms with Crippen molar-refractivity contribution in [2.45, 2.75) is 13.8 Å². The summed E-state index contributed by atoms with van der Waals surface area (Å²) in [5, 5.41) is 3.15. The number of anilines is 1. The molecule has 18 heavy (non-hydrogen) atoms. The van der Waals surface area contributed by atoms with Crippen molar-refractivity contribution in [1.82, 2.24) is 0 Å². The van der Waals surface area contributed by atoms with E-state index in [0.29, 0.717) is 0 Å². The molecule has 2 rings (SSSR count). The molecule has 0 aliphatic carbocycles. The van der Waals surface area contributed by atoms with Crippen molar-refractivity contribution in [3.8, 4) is 11.1 Å². The van der Waals surface area contributed by atoms with E-state index >= 15 is 0 Å². The second-order valence-corrected chi connectivity index (χ2v) is 3.94. The summed E-state index contributed by atoms with van der Waals surface area (Å²) in [5.74, 6) is 0. The number of rotatable bonds is 2. The van der Waals surface area contributed by atoms with Crippen LogP contribution in [0.5, 0.6) is 0 Å². The molecule has 1 N–H and O–H groups in total. The molecule has 0 spiro atoms. The van der Waals surface area contributed by atoms with Gasteiger partial charge in [-0.25, -0.2) is 0 Å². The molecule has 0 saturated carbocycles. The largest absolute Gasteiger partial charge is 0.388 e. The van der Waals surface area contributed by atoms with Gasteiger partial charge in [-0.1, -0.05) is 42.0 Å². The standard InChI is InChI=1S/C14H15N.C2H4O/c1-11-5-3-6-12(9-11)13-7-4-8-14(10-13)15-2;1-2-3/h3-10,15H,1-2H3;2H,1H3. The molecule has 2 aromatic rings. The van der Waals surface area contributed by atoms with Gasteiger partial charge in [0.15, 0.2) is 0 Å². The first-order chi connectivity index (χ1) is 8.71. The second-order valence-electron chi connectivity index (χ2n) is 3.94. The Morgan fingerprint density at radius 3 is 2.11 bits per heavy atom. The van der Waals surface area contributed by atoms with E-state index in [9.17, 15) is 0 Å². The maximum absolute atomic E-state index is 8.81. The number of benzene rings is 2. The highest BCUT2D eigenvalue weighted by atomic mass is 16.1. The lowest BCUT2D eigenvalue weighted by Gasteiger charge is -2.05. The van der Waals surface area contributed by atoms with Gasteiger partial charge in [-0.3, -0.25) is 0 Å². The topological polar surface area (TPSA) is 29.1 Å². The molecule has 0 amide bonds. The summed E-state index contributed by atoms with van der Waals surface area (Å²) in [6, 6.07) is 17.0. The average molecular weight is 241 g/mol. The van der Waals surface area contributed by atoms with Gasteiger partial charge in [-0.05, 0) is 37.1 Å². The molecule has 0 aromatic heterocycles. The van der Waals surface area contributed by atoms with Gasteiger partial charge in [0.1, 0.15) is 6.29 Å². The lowest BCUT2D eigenvalue weighted by molar-refractivity contribution is -0.106. The van der Waals surface area contributed by atoms with Crippen molar-refractivity contribution in [1.29, 1.82) is 0 Å². The molecular weight excluding hydrogens is 222 g/mol. The van der Waals surface area contributed by atoms with Gasteiger partial charge in [0.25, 0.3) is 0 Å². The minimum absolute atomic E-state index is 0.750. The maximum atomic E-state index is 8.81. The smallest absolute Gasteiger partial charge is 0.116 e. The molecule has 2 aromatic carbocycles. The Hall–Kier alpha value is -2.09. The third-order valence-corrected chi connectivity index (χ3v) is 2.50. The maximum Gasteiger partial charge on any atom is 0.116 e. The zero-order valence-corrected chi connectivity index (χ0v) is 11.1. The predicted octanol–water partition coefficient (Wildman–Crippen LogP) is 3.91. The van der Waals surface area contributed by atoms with Crippen LogP contribution in [0.2, 0.25) is 0 Å². The first kappa shape index (κ1) is 14.0. The first-order valence-corrected chi connectivity index (χ1v) is 5.96. The van der Waals surface area contributed by atoms with Crippen LogP contribution in [0.3, 0.4) is 0 Å². The second kappa shape index (κ2) is 7.28. The van der Waals surface area contributed by atoms with Crippen LogP contribution in [0.1, 0.15) is 12.5 Å². The Kier molecular flexibility index (Phi) is 5.65. The summed E-state index contributed by atoms with van der Waals surface area (Å²) in [4.78, 5) is 8.81. The molecule has 2 nitrogen and oxygen atoms in total. The van der Waals surface area contributed by atoms with Crippen LogP contribution in [0, 0.1) is 6.92 Å². The summed E-state index contributed by atoms with van der Waals surface area (Å²) in [7, 11) is 1.94. The monoisotopic (exact) mass is 241 g/mol. The van der Waals surface area contributed by atoms with E-state index in [1.807, 2.05) is 7.05 Å². The van der Waals surface area contributed by atoms with E-state index in [4.69, 9.17) is 4.79 Å². The number of hydrogen-bond donors (Lipinski definition) is 1. The number of aldehydes is 1. The summed E-state index contributed by atoms with van der Waals surface area (Å²) < 4.78 is 0. The molecule has 0 aliphatic heterocycles. The van der Waals surface area contributed by atoms with E-state index in [1.165, 1.54) is 23.6 Å². The zero-order chi connectivity index (χ0) is 13.4. The quantitative estimate of drug-likeness (QED) is 0.808. The first-order valence-electron chi connectivity index (χ1n) is 5.96. The summed E-state index contributed by atoms with van der Waals surface area (Å²) in [6.07, 6.45) is 0.750. The predicted molar refractivity (Wildman–Crippen MR) is 77.9 cm³/mol. The van der Waals surface area contributed by atoms with Gasteiger partial charge in [0, 0.05) is 12.7 Å². The molecule has 0 atom stereocenters. The molecule has 0 bridgehead atoms. The highest BCUT2D eigenvalue weighted by Crippen LogP contribution is 2.22. The van der Waals surface area contributed by atoms with Gasteiger partial charge in [-0.2, -0.15) is 0 Å². The lowest BCUT2D eigenvalue weighted by atomic mass is 10.0.